The normalized spacial score (nSPS) is 15.8. The molecule has 0 aliphatic carbocycles. The van der Waals surface area contributed by atoms with E-state index < -0.39 is 0 Å². The van der Waals surface area contributed by atoms with E-state index in [2.05, 4.69) is 17.6 Å². The summed E-state index contributed by atoms with van der Waals surface area (Å²) in [5.41, 5.74) is 2.10. The van der Waals surface area contributed by atoms with Gasteiger partial charge in [0.2, 0.25) is 5.91 Å². The molecule has 1 fully saturated rings. The molecule has 0 unspecified atom stereocenters. The lowest BCUT2D eigenvalue weighted by Crippen LogP contribution is -2.39. The minimum atomic E-state index is 0.258. The number of thiazole rings is 1. The van der Waals surface area contributed by atoms with Gasteiger partial charge in [-0.25, -0.2) is 4.98 Å². The molecule has 1 atom stereocenters. The quantitative estimate of drug-likeness (QED) is 0.838. The molecule has 2 heterocycles. The maximum Gasteiger partial charge on any atom is 0.222 e. The highest BCUT2D eigenvalue weighted by molar-refractivity contribution is 7.13. The van der Waals surface area contributed by atoms with Crippen molar-refractivity contribution in [3.05, 3.63) is 35.3 Å². The number of aromatic nitrogens is 1. The topological polar surface area (TPSA) is 54.5 Å². The number of likely N-dealkylation sites (tertiary alicyclic amines) is 1. The smallest absolute Gasteiger partial charge is 0.222 e. The number of rotatable bonds is 7. The van der Waals surface area contributed by atoms with Crippen molar-refractivity contribution < 1.29 is 9.53 Å². The molecule has 2 aromatic rings. The molecule has 0 radical (unpaired) electrons. The summed E-state index contributed by atoms with van der Waals surface area (Å²) in [5, 5.41) is 6.53. The Morgan fingerprint density at radius 2 is 2.33 bits per heavy atom. The van der Waals surface area contributed by atoms with Gasteiger partial charge in [0, 0.05) is 43.0 Å². The lowest BCUT2D eigenvalue weighted by Gasteiger charge is -2.21. The Labute approximate surface area is 146 Å². The number of benzene rings is 1. The largest absolute Gasteiger partial charge is 0.497 e. The SMILES string of the molecule is COc1cccc(-c2nc(CN[C@H](C)CN3CCCC3=O)cs2)c1. The maximum atomic E-state index is 11.7. The molecule has 6 heteroatoms. The first kappa shape index (κ1) is 16.9. The third-order valence-electron chi connectivity index (χ3n) is 4.17. The van der Waals surface area contributed by atoms with Gasteiger partial charge in [-0.05, 0) is 25.5 Å². The van der Waals surface area contributed by atoms with Crippen LogP contribution in [0, 0.1) is 0 Å². The summed E-state index contributed by atoms with van der Waals surface area (Å²) in [7, 11) is 1.67. The number of nitrogens with zero attached hydrogens (tertiary/aromatic N) is 2. The van der Waals surface area contributed by atoms with E-state index in [0.717, 1.165) is 41.5 Å². The lowest BCUT2D eigenvalue weighted by atomic mass is 10.2. The number of ether oxygens (including phenoxy) is 1. The van der Waals surface area contributed by atoms with Crippen molar-refractivity contribution in [1.82, 2.24) is 15.2 Å². The minimum Gasteiger partial charge on any atom is -0.497 e. The van der Waals surface area contributed by atoms with Crippen LogP contribution in [0.3, 0.4) is 0 Å². The Bertz CT molecular complexity index is 701. The Hall–Kier alpha value is -1.92. The van der Waals surface area contributed by atoms with Gasteiger partial charge in [-0.15, -0.1) is 11.3 Å². The maximum absolute atomic E-state index is 11.7. The van der Waals surface area contributed by atoms with Crippen LogP contribution in [0.25, 0.3) is 10.6 Å². The van der Waals surface area contributed by atoms with Gasteiger partial charge in [-0.2, -0.15) is 0 Å². The summed E-state index contributed by atoms with van der Waals surface area (Å²) in [4.78, 5) is 18.3. The van der Waals surface area contributed by atoms with E-state index in [1.807, 2.05) is 29.2 Å². The van der Waals surface area contributed by atoms with Crippen LogP contribution in [-0.2, 0) is 11.3 Å². The van der Waals surface area contributed by atoms with Crippen molar-refractivity contribution in [2.75, 3.05) is 20.2 Å². The molecule has 1 N–H and O–H groups in total. The number of carbonyl (C=O) groups is 1. The fourth-order valence-electron chi connectivity index (χ4n) is 2.85. The van der Waals surface area contributed by atoms with Crippen molar-refractivity contribution in [1.29, 1.82) is 0 Å². The Balaban J connectivity index is 1.55. The molecular formula is C18H23N3O2S. The molecule has 1 aliphatic rings. The highest BCUT2D eigenvalue weighted by atomic mass is 32.1. The predicted octanol–water partition coefficient (Wildman–Crippen LogP) is 2.92. The van der Waals surface area contributed by atoms with Crippen molar-refractivity contribution >= 4 is 17.2 Å². The molecule has 5 nitrogen and oxygen atoms in total. The highest BCUT2D eigenvalue weighted by Crippen LogP contribution is 2.26. The summed E-state index contributed by atoms with van der Waals surface area (Å²) in [6.07, 6.45) is 1.68. The van der Waals surface area contributed by atoms with Crippen LogP contribution in [0.4, 0.5) is 0 Å². The first-order chi connectivity index (χ1) is 11.7. The Kier molecular flexibility index (Phi) is 5.48. The van der Waals surface area contributed by atoms with E-state index in [1.165, 1.54) is 0 Å². The number of hydrogen-bond donors (Lipinski definition) is 1. The third-order valence-corrected chi connectivity index (χ3v) is 5.11. The molecule has 3 rings (SSSR count). The summed E-state index contributed by atoms with van der Waals surface area (Å²) in [6, 6.07) is 8.20. The van der Waals surface area contributed by atoms with Crippen molar-refractivity contribution in [3.8, 4) is 16.3 Å². The predicted molar refractivity (Wildman–Crippen MR) is 96.2 cm³/mol. The zero-order chi connectivity index (χ0) is 16.9. The molecule has 1 aliphatic heterocycles. The van der Waals surface area contributed by atoms with E-state index in [0.29, 0.717) is 13.0 Å². The van der Waals surface area contributed by atoms with E-state index >= 15 is 0 Å². The molecule has 128 valence electrons. The Morgan fingerprint density at radius 3 is 3.08 bits per heavy atom. The van der Waals surface area contributed by atoms with Gasteiger partial charge in [-0.1, -0.05) is 12.1 Å². The summed E-state index contributed by atoms with van der Waals surface area (Å²) in [6.45, 7) is 4.48. The zero-order valence-corrected chi connectivity index (χ0v) is 14.9. The van der Waals surface area contributed by atoms with E-state index in [4.69, 9.17) is 9.72 Å². The molecule has 1 aromatic carbocycles. The van der Waals surface area contributed by atoms with Gasteiger partial charge in [0.25, 0.3) is 0 Å². The second kappa shape index (κ2) is 7.77. The number of amides is 1. The molecule has 0 spiro atoms. The van der Waals surface area contributed by atoms with E-state index in [9.17, 15) is 4.79 Å². The highest BCUT2D eigenvalue weighted by Gasteiger charge is 2.21. The third kappa shape index (κ3) is 4.13. The van der Waals surface area contributed by atoms with Crippen molar-refractivity contribution in [2.24, 2.45) is 0 Å². The van der Waals surface area contributed by atoms with E-state index in [-0.39, 0.29) is 11.9 Å². The van der Waals surface area contributed by atoms with Crippen LogP contribution in [-0.4, -0.2) is 42.0 Å². The molecule has 1 amide bonds. The number of nitrogens with one attached hydrogen (secondary N) is 1. The van der Waals surface area contributed by atoms with Crippen LogP contribution in [0.1, 0.15) is 25.5 Å². The second-order valence-electron chi connectivity index (χ2n) is 6.10. The number of hydrogen-bond acceptors (Lipinski definition) is 5. The molecule has 0 bridgehead atoms. The van der Waals surface area contributed by atoms with E-state index in [1.54, 1.807) is 18.4 Å². The van der Waals surface area contributed by atoms with Gasteiger partial charge >= 0.3 is 0 Å². The van der Waals surface area contributed by atoms with Crippen LogP contribution in [0.5, 0.6) is 5.75 Å². The average Bonchev–Trinajstić information content (AvgIpc) is 3.23. The van der Waals surface area contributed by atoms with Crippen LogP contribution in [0.15, 0.2) is 29.6 Å². The van der Waals surface area contributed by atoms with Gasteiger partial charge in [0.15, 0.2) is 0 Å². The number of methoxy groups -OCH3 is 1. The van der Waals surface area contributed by atoms with Crippen LogP contribution in [0.2, 0.25) is 0 Å². The minimum absolute atomic E-state index is 0.258. The fraction of sp³-hybridized carbons (Fsp3) is 0.444. The van der Waals surface area contributed by atoms with Crippen LogP contribution < -0.4 is 10.1 Å². The average molecular weight is 345 g/mol. The fourth-order valence-corrected chi connectivity index (χ4v) is 3.66. The molecule has 1 saturated heterocycles. The lowest BCUT2D eigenvalue weighted by molar-refractivity contribution is -0.127. The van der Waals surface area contributed by atoms with Gasteiger partial charge in [0.05, 0.1) is 12.8 Å². The molecule has 1 aromatic heterocycles. The first-order valence-corrected chi connectivity index (χ1v) is 9.13. The Morgan fingerprint density at radius 1 is 1.46 bits per heavy atom. The van der Waals surface area contributed by atoms with Crippen LogP contribution >= 0.6 is 11.3 Å². The van der Waals surface area contributed by atoms with Gasteiger partial charge in [-0.3, -0.25) is 4.79 Å². The summed E-state index contributed by atoms with van der Waals surface area (Å²) < 4.78 is 5.27. The van der Waals surface area contributed by atoms with Crippen molar-refractivity contribution in [2.45, 2.75) is 32.4 Å². The molecule has 0 saturated carbocycles. The molecule has 24 heavy (non-hydrogen) atoms. The number of carbonyl (C=O) groups excluding carboxylic acids is 1. The standard InChI is InChI=1S/C18H23N3O2S/c1-13(11-21-8-4-7-17(21)22)19-10-15-12-24-18(20-15)14-5-3-6-16(9-14)23-2/h3,5-6,9,12-13,19H,4,7-8,10-11H2,1-2H3/t13-/m1/s1. The summed E-state index contributed by atoms with van der Waals surface area (Å²) in [5.74, 6) is 1.11. The summed E-state index contributed by atoms with van der Waals surface area (Å²) >= 11 is 1.64. The zero-order valence-electron chi connectivity index (χ0n) is 14.1. The second-order valence-corrected chi connectivity index (χ2v) is 6.96. The monoisotopic (exact) mass is 345 g/mol. The van der Waals surface area contributed by atoms with Gasteiger partial charge < -0.3 is 15.0 Å². The first-order valence-electron chi connectivity index (χ1n) is 8.25. The van der Waals surface area contributed by atoms with Gasteiger partial charge in [0.1, 0.15) is 10.8 Å². The van der Waals surface area contributed by atoms with Crippen molar-refractivity contribution in [3.63, 3.8) is 0 Å². The molecular weight excluding hydrogens is 322 g/mol.